The highest BCUT2D eigenvalue weighted by atomic mass is 79.9. The molecule has 0 saturated carbocycles. The molecule has 7 heteroatoms. The van der Waals surface area contributed by atoms with Gasteiger partial charge in [0, 0.05) is 20.1 Å². The Bertz CT molecular complexity index is 648. The third-order valence-electron chi connectivity index (χ3n) is 2.86. The fraction of sp³-hybridized carbons (Fsp3) is 0.500. The van der Waals surface area contributed by atoms with Gasteiger partial charge >= 0.3 is 6.09 Å². The monoisotopic (exact) mass is 354 g/mol. The number of carbonyl (C=O) groups is 1. The molecule has 0 saturated heterocycles. The quantitative estimate of drug-likeness (QED) is 0.794. The van der Waals surface area contributed by atoms with Crippen LogP contribution in [0.4, 0.5) is 4.79 Å². The first-order valence-corrected chi connectivity index (χ1v) is 7.46. The van der Waals surface area contributed by atoms with Crippen LogP contribution in [0.25, 0.3) is 11.0 Å². The molecule has 0 N–H and O–H groups in total. The van der Waals surface area contributed by atoms with Gasteiger partial charge in [0.05, 0.1) is 18.0 Å². The second kappa shape index (κ2) is 6.01. The summed E-state index contributed by atoms with van der Waals surface area (Å²) in [6.07, 6.45) is 3.14. The van der Waals surface area contributed by atoms with Crippen molar-refractivity contribution in [2.45, 2.75) is 32.9 Å². The van der Waals surface area contributed by atoms with Crippen molar-refractivity contribution in [2.24, 2.45) is 0 Å². The van der Waals surface area contributed by atoms with Crippen molar-refractivity contribution < 1.29 is 9.53 Å². The molecule has 114 valence electrons. The van der Waals surface area contributed by atoms with Crippen molar-refractivity contribution in [1.82, 2.24) is 19.4 Å². The molecule has 1 amide bonds. The van der Waals surface area contributed by atoms with Gasteiger partial charge in [-0.15, -0.1) is 0 Å². The number of imidazole rings is 1. The number of pyridine rings is 1. The van der Waals surface area contributed by atoms with Crippen molar-refractivity contribution in [1.29, 1.82) is 0 Å². The number of nitrogens with zero attached hydrogens (tertiary/aromatic N) is 4. The van der Waals surface area contributed by atoms with Crippen molar-refractivity contribution in [3.05, 3.63) is 23.2 Å². The van der Waals surface area contributed by atoms with Gasteiger partial charge in [-0.25, -0.2) is 14.8 Å². The van der Waals surface area contributed by atoms with Crippen molar-refractivity contribution in [3.63, 3.8) is 0 Å². The Morgan fingerprint density at radius 1 is 1.43 bits per heavy atom. The molecule has 0 fully saturated rings. The van der Waals surface area contributed by atoms with Gasteiger partial charge in [-0.3, -0.25) is 0 Å². The maximum absolute atomic E-state index is 11.9. The molecule has 0 aliphatic carbocycles. The van der Waals surface area contributed by atoms with E-state index in [1.54, 1.807) is 24.5 Å². The van der Waals surface area contributed by atoms with E-state index in [0.717, 1.165) is 15.6 Å². The molecule has 6 nitrogen and oxygen atoms in total. The number of rotatable bonds is 3. The Labute approximate surface area is 132 Å². The predicted octanol–water partition coefficient (Wildman–Crippen LogP) is 3.06. The van der Waals surface area contributed by atoms with Gasteiger partial charge in [0.15, 0.2) is 0 Å². The van der Waals surface area contributed by atoms with Gasteiger partial charge in [-0.2, -0.15) is 0 Å². The average molecular weight is 355 g/mol. The Morgan fingerprint density at radius 2 is 2.14 bits per heavy atom. The number of hydrogen-bond acceptors (Lipinski definition) is 4. The van der Waals surface area contributed by atoms with E-state index in [-0.39, 0.29) is 6.09 Å². The van der Waals surface area contributed by atoms with E-state index < -0.39 is 5.60 Å². The molecule has 0 unspecified atom stereocenters. The number of likely N-dealkylation sites (N-methyl/N-ethyl adjacent to an activating group) is 1. The molecule has 0 aliphatic heterocycles. The summed E-state index contributed by atoms with van der Waals surface area (Å²) in [6.45, 7) is 6.74. The largest absolute Gasteiger partial charge is 0.444 e. The number of amides is 1. The van der Waals surface area contributed by atoms with E-state index in [9.17, 15) is 4.79 Å². The lowest BCUT2D eigenvalue weighted by atomic mass is 10.2. The summed E-state index contributed by atoms with van der Waals surface area (Å²) in [6, 6.07) is 1.91. The van der Waals surface area contributed by atoms with Crippen LogP contribution < -0.4 is 0 Å². The zero-order valence-electron chi connectivity index (χ0n) is 12.6. The molecule has 0 spiro atoms. The maximum Gasteiger partial charge on any atom is 0.410 e. The zero-order valence-corrected chi connectivity index (χ0v) is 14.2. The van der Waals surface area contributed by atoms with Crippen LogP contribution in [-0.4, -0.2) is 44.7 Å². The average Bonchev–Trinajstić information content (AvgIpc) is 2.76. The molecule has 0 aromatic carbocycles. The molecule has 0 radical (unpaired) electrons. The summed E-state index contributed by atoms with van der Waals surface area (Å²) < 4.78 is 8.07. The second-order valence-corrected chi connectivity index (χ2v) is 6.65. The van der Waals surface area contributed by atoms with E-state index in [1.165, 1.54) is 0 Å². The fourth-order valence-electron chi connectivity index (χ4n) is 1.80. The highest BCUT2D eigenvalue weighted by Crippen LogP contribution is 2.16. The van der Waals surface area contributed by atoms with E-state index in [4.69, 9.17) is 4.74 Å². The molecular formula is C14H19BrN4O2. The van der Waals surface area contributed by atoms with Crippen molar-refractivity contribution in [3.8, 4) is 0 Å². The first-order chi connectivity index (χ1) is 9.76. The number of aromatic nitrogens is 3. The first kappa shape index (κ1) is 15.8. The number of ether oxygens (including phenoxy) is 1. The van der Waals surface area contributed by atoms with Crippen LogP contribution in [0.3, 0.4) is 0 Å². The third kappa shape index (κ3) is 4.17. The molecule has 0 atom stereocenters. The van der Waals surface area contributed by atoms with E-state index in [1.807, 2.05) is 31.4 Å². The molecule has 0 aliphatic rings. The normalized spacial score (nSPS) is 11.7. The lowest BCUT2D eigenvalue weighted by Gasteiger charge is -2.24. The lowest BCUT2D eigenvalue weighted by Crippen LogP contribution is -2.35. The van der Waals surface area contributed by atoms with Crippen LogP contribution in [0, 0.1) is 0 Å². The van der Waals surface area contributed by atoms with Gasteiger partial charge in [0.1, 0.15) is 15.7 Å². The zero-order chi connectivity index (χ0) is 15.6. The van der Waals surface area contributed by atoms with E-state index >= 15 is 0 Å². The number of halogens is 1. The third-order valence-corrected chi connectivity index (χ3v) is 3.29. The minimum Gasteiger partial charge on any atom is -0.444 e. The highest BCUT2D eigenvalue weighted by Gasteiger charge is 2.19. The van der Waals surface area contributed by atoms with Crippen molar-refractivity contribution in [2.75, 3.05) is 13.6 Å². The predicted molar refractivity (Wildman–Crippen MR) is 84.1 cm³/mol. The smallest absolute Gasteiger partial charge is 0.410 e. The fourth-order valence-corrected chi connectivity index (χ4v) is 2.12. The van der Waals surface area contributed by atoms with Gasteiger partial charge in [0.2, 0.25) is 0 Å². The Hall–Kier alpha value is -1.63. The molecule has 2 aromatic heterocycles. The SMILES string of the molecule is CN(CCn1cnc2cnc(Br)cc21)C(=O)OC(C)(C)C. The van der Waals surface area contributed by atoms with Gasteiger partial charge in [-0.1, -0.05) is 0 Å². The Balaban J connectivity index is 2.01. The second-order valence-electron chi connectivity index (χ2n) is 5.84. The van der Waals surface area contributed by atoms with Crippen LogP contribution in [0.2, 0.25) is 0 Å². The molecule has 0 bridgehead atoms. The first-order valence-electron chi connectivity index (χ1n) is 6.67. The summed E-state index contributed by atoms with van der Waals surface area (Å²) in [7, 11) is 1.73. The summed E-state index contributed by atoms with van der Waals surface area (Å²) in [5.74, 6) is 0. The van der Waals surface area contributed by atoms with Gasteiger partial charge < -0.3 is 14.2 Å². The minimum absolute atomic E-state index is 0.324. The number of carbonyl (C=O) groups excluding carboxylic acids is 1. The van der Waals surface area contributed by atoms with E-state index in [2.05, 4.69) is 25.9 Å². The van der Waals surface area contributed by atoms with Gasteiger partial charge in [-0.05, 0) is 42.8 Å². The summed E-state index contributed by atoms with van der Waals surface area (Å²) in [4.78, 5) is 21.9. The lowest BCUT2D eigenvalue weighted by molar-refractivity contribution is 0.0294. The number of hydrogen-bond donors (Lipinski definition) is 0. The standard InChI is InChI=1S/C14H19BrN4O2/c1-14(2,3)21-13(20)18(4)5-6-19-9-17-10-8-16-12(15)7-11(10)19/h7-9H,5-6H2,1-4H3. The van der Waals surface area contributed by atoms with Crippen LogP contribution in [0.1, 0.15) is 20.8 Å². The molecular weight excluding hydrogens is 336 g/mol. The maximum atomic E-state index is 11.9. The molecule has 2 heterocycles. The molecule has 21 heavy (non-hydrogen) atoms. The topological polar surface area (TPSA) is 60.2 Å². The number of fused-ring (bicyclic) bond motifs is 1. The molecule has 2 aromatic rings. The van der Waals surface area contributed by atoms with Crippen LogP contribution >= 0.6 is 15.9 Å². The van der Waals surface area contributed by atoms with Gasteiger partial charge in [0.25, 0.3) is 0 Å². The Kier molecular flexibility index (Phi) is 4.51. The van der Waals surface area contributed by atoms with Crippen molar-refractivity contribution >= 4 is 33.1 Å². The minimum atomic E-state index is -0.483. The van der Waals surface area contributed by atoms with Crippen LogP contribution in [0.5, 0.6) is 0 Å². The summed E-state index contributed by atoms with van der Waals surface area (Å²) in [5, 5.41) is 0. The van der Waals surface area contributed by atoms with Crippen LogP contribution in [0.15, 0.2) is 23.2 Å². The Morgan fingerprint density at radius 3 is 2.81 bits per heavy atom. The van der Waals surface area contributed by atoms with E-state index in [0.29, 0.717) is 13.1 Å². The highest BCUT2D eigenvalue weighted by molar-refractivity contribution is 9.10. The molecule has 2 rings (SSSR count). The summed E-state index contributed by atoms with van der Waals surface area (Å²) in [5.41, 5.74) is 1.33. The van der Waals surface area contributed by atoms with Crippen LogP contribution in [-0.2, 0) is 11.3 Å². The summed E-state index contributed by atoms with van der Waals surface area (Å²) >= 11 is 3.35.